The van der Waals surface area contributed by atoms with Crippen molar-refractivity contribution in [2.24, 2.45) is 0 Å². The van der Waals surface area contributed by atoms with E-state index in [1.807, 2.05) is 36.4 Å². The molecule has 0 saturated carbocycles. The van der Waals surface area contributed by atoms with Crippen molar-refractivity contribution in [2.75, 3.05) is 6.61 Å². The van der Waals surface area contributed by atoms with Crippen LogP contribution < -0.4 is 4.72 Å². The van der Waals surface area contributed by atoms with E-state index in [-0.39, 0.29) is 17.5 Å². The number of aliphatic hydroxyl groups is 1. The molecule has 5 heteroatoms. The molecule has 0 saturated heterocycles. The Morgan fingerprint density at radius 2 is 1.75 bits per heavy atom. The van der Waals surface area contributed by atoms with Crippen LogP contribution in [0.1, 0.15) is 24.0 Å². The van der Waals surface area contributed by atoms with E-state index < -0.39 is 10.0 Å². The third-order valence-electron chi connectivity index (χ3n) is 3.80. The molecule has 2 aromatic carbocycles. The molecule has 0 amide bonds. The molecule has 0 aliphatic heterocycles. The lowest BCUT2D eigenvalue weighted by Gasteiger charge is -2.18. The van der Waals surface area contributed by atoms with Crippen LogP contribution in [0.2, 0.25) is 0 Å². The van der Waals surface area contributed by atoms with Gasteiger partial charge in [0.15, 0.2) is 0 Å². The number of rotatable bonds is 9. The Kier molecular flexibility index (Phi) is 6.97. The van der Waals surface area contributed by atoms with Gasteiger partial charge in [-0.1, -0.05) is 49.4 Å². The molecule has 2 N–H and O–H groups in total. The summed E-state index contributed by atoms with van der Waals surface area (Å²) < 4.78 is 28.0. The van der Waals surface area contributed by atoms with Gasteiger partial charge in [-0.25, -0.2) is 13.1 Å². The molecule has 129 valence electrons. The van der Waals surface area contributed by atoms with Crippen molar-refractivity contribution >= 4 is 10.0 Å². The van der Waals surface area contributed by atoms with Crippen molar-refractivity contribution in [3.05, 3.63) is 72.6 Å². The van der Waals surface area contributed by atoms with E-state index in [9.17, 15) is 13.5 Å². The Morgan fingerprint density at radius 3 is 2.42 bits per heavy atom. The van der Waals surface area contributed by atoms with Gasteiger partial charge in [-0.15, -0.1) is 0 Å². The molecular weight excluding hydrogens is 322 g/mol. The van der Waals surface area contributed by atoms with Gasteiger partial charge in [-0.2, -0.15) is 0 Å². The van der Waals surface area contributed by atoms with Crippen LogP contribution in [0.15, 0.2) is 59.5 Å². The van der Waals surface area contributed by atoms with E-state index >= 15 is 0 Å². The van der Waals surface area contributed by atoms with Crippen LogP contribution in [0, 0.1) is 6.92 Å². The van der Waals surface area contributed by atoms with Crippen LogP contribution >= 0.6 is 0 Å². The number of aryl methyl sites for hydroxylation is 1. The average molecular weight is 346 g/mol. The minimum absolute atomic E-state index is 0.0679. The number of benzene rings is 2. The zero-order chi connectivity index (χ0) is 17.4. The van der Waals surface area contributed by atoms with Gasteiger partial charge >= 0.3 is 0 Å². The summed E-state index contributed by atoms with van der Waals surface area (Å²) in [6.45, 7) is 3.73. The van der Waals surface area contributed by atoms with Crippen molar-refractivity contribution in [1.82, 2.24) is 4.72 Å². The second-order valence-corrected chi connectivity index (χ2v) is 7.49. The minimum atomic E-state index is -3.62. The Labute approximate surface area is 144 Å². The second kappa shape index (κ2) is 8.97. The fraction of sp³-hybridized carbons (Fsp3) is 0.316. The third kappa shape index (κ3) is 5.44. The number of hydrogen-bond acceptors (Lipinski definition) is 3. The first-order chi connectivity index (χ1) is 11.5. The summed E-state index contributed by atoms with van der Waals surface area (Å²) in [7, 11) is -3.62. The highest BCUT2D eigenvalue weighted by molar-refractivity contribution is 7.89. The van der Waals surface area contributed by atoms with Gasteiger partial charge < -0.3 is 5.11 Å². The number of hydrogen-bond donors (Lipinski definition) is 2. The van der Waals surface area contributed by atoms with Crippen molar-refractivity contribution in [1.29, 1.82) is 0 Å². The molecule has 1 atom stereocenters. The first kappa shape index (κ1) is 18.6. The van der Waals surface area contributed by atoms with Crippen molar-refractivity contribution in [2.45, 2.75) is 36.6 Å². The predicted octanol–water partition coefficient (Wildman–Crippen LogP) is 2.73. The molecule has 2 aromatic rings. The van der Waals surface area contributed by atoms with E-state index in [0.717, 1.165) is 24.0 Å². The van der Waals surface area contributed by atoms with Gasteiger partial charge in [-0.3, -0.25) is 0 Å². The van der Waals surface area contributed by atoms with Crippen LogP contribution in [0.25, 0.3) is 0 Å². The predicted molar refractivity (Wildman–Crippen MR) is 96.1 cm³/mol. The molecule has 0 aliphatic carbocycles. The normalized spacial score (nSPS) is 12.9. The van der Waals surface area contributed by atoms with Gasteiger partial charge in [0, 0.05) is 12.6 Å². The maximum Gasteiger partial charge on any atom is 0.240 e. The zero-order valence-corrected chi connectivity index (χ0v) is 14.5. The molecule has 0 aliphatic rings. The topological polar surface area (TPSA) is 66.4 Å². The minimum Gasteiger partial charge on any atom is -0.396 e. The SMILES string of the molecule is [CH2]CCc1cccc(S(=O)(=O)NC(CCO)Cc2ccccc2)c1. The molecule has 2 rings (SSSR count). The van der Waals surface area contributed by atoms with Crippen LogP contribution in [0.5, 0.6) is 0 Å². The van der Waals surface area contributed by atoms with Gasteiger partial charge in [0.1, 0.15) is 0 Å². The molecular formula is C19H24NO3S. The first-order valence-corrected chi connectivity index (χ1v) is 9.59. The summed E-state index contributed by atoms with van der Waals surface area (Å²) in [5, 5.41) is 9.25. The average Bonchev–Trinajstić information content (AvgIpc) is 2.56. The fourth-order valence-electron chi connectivity index (χ4n) is 2.62. The maximum atomic E-state index is 12.7. The molecule has 0 heterocycles. The largest absolute Gasteiger partial charge is 0.396 e. The van der Waals surface area contributed by atoms with E-state index in [2.05, 4.69) is 11.6 Å². The summed E-state index contributed by atoms with van der Waals surface area (Å²) in [5.41, 5.74) is 1.99. The Morgan fingerprint density at radius 1 is 1.04 bits per heavy atom. The molecule has 1 radical (unpaired) electrons. The monoisotopic (exact) mass is 346 g/mol. The van der Waals surface area contributed by atoms with Gasteiger partial charge in [0.2, 0.25) is 10.0 Å². The van der Waals surface area contributed by atoms with Crippen LogP contribution in [0.3, 0.4) is 0 Å². The summed E-state index contributed by atoms with van der Waals surface area (Å²) >= 11 is 0. The Balaban J connectivity index is 2.16. The summed E-state index contributed by atoms with van der Waals surface area (Å²) in [5.74, 6) is 0. The highest BCUT2D eigenvalue weighted by Gasteiger charge is 2.20. The first-order valence-electron chi connectivity index (χ1n) is 8.10. The van der Waals surface area contributed by atoms with Crippen molar-refractivity contribution in [3.8, 4) is 0 Å². The number of nitrogens with one attached hydrogen (secondary N) is 1. The highest BCUT2D eigenvalue weighted by Crippen LogP contribution is 2.15. The Hall–Kier alpha value is -1.69. The van der Waals surface area contributed by atoms with Crippen LogP contribution in [-0.4, -0.2) is 26.2 Å². The summed E-state index contributed by atoms with van der Waals surface area (Å²) in [6.07, 6.45) is 2.37. The molecule has 0 aromatic heterocycles. The van der Waals surface area contributed by atoms with Gasteiger partial charge in [0.05, 0.1) is 4.90 Å². The molecule has 1 unspecified atom stereocenters. The molecule has 0 spiro atoms. The van der Waals surface area contributed by atoms with E-state index in [1.165, 1.54) is 0 Å². The van der Waals surface area contributed by atoms with Gasteiger partial charge in [0.25, 0.3) is 0 Å². The quantitative estimate of drug-likeness (QED) is 0.734. The number of sulfonamides is 1. The highest BCUT2D eigenvalue weighted by atomic mass is 32.2. The second-order valence-electron chi connectivity index (χ2n) is 5.77. The summed E-state index contributed by atoms with van der Waals surface area (Å²) in [4.78, 5) is 0.254. The smallest absolute Gasteiger partial charge is 0.240 e. The molecule has 24 heavy (non-hydrogen) atoms. The Bertz CT molecular complexity index is 729. The lowest BCUT2D eigenvalue weighted by atomic mass is 10.0. The van der Waals surface area contributed by atoms with Crippen LogP contribution in [0.4, 0.5) is 0 Å². The van der Waals surface area contributed by atoms with Crippen molar-refractivity contribution < 1.29 is 13.5 Å². The zero-order valence-electron chi connectivity index (χ0n) is 13.7. The molecule has 4 nitrogen and oxygen atoms in total. The standard InChI is InChI=1S/C19H24NO3S/c1-2-7-16-10-6-11-19(15-16)24(22,23)20-18(12-13-21)14-17-8-4-3-5-9-17/h3-6,8-11,15,18,20-21H,1-2,7,12-14H2. The maximum absolute atomic E-state index is 12.7. The van der Waals surface area contributed by atoms with Crippen LogP contribution in [-0.2, 0) is 22.9 Å². The lowest BCUT2D eigenvalue weighted by Crippen LogP contribution is -2.37. The van der Waals surface area contributed by atoms with Gasteiger partial charge in [-0.05, 0) is 48.9 Å². The third-order valence-corrected chi connectivity index (χ3v) is 5.32. The fourth-order valence-corrected chi connectivity index (χ4v) is 3.96. The summed E-state index contributed by atoms with van der Waals surface area (Å²) in [6, 6.07) is 16.2. The lowest BCUT2D eigenvalue weighted by molar-refractivity contribution is 0.271. The van der Waals surface area contributed by atoms with Crippen molar-refractivity contribution in [3.63, 3.8) is 0 Å². The van der Waals surface area contributed by atoms with E-state index in [1.54, 1.807) is 18.2 Å². The molecule has 0 fully saturated rings. The van der Waals surface area contributed by atoms with E-state index in [4.69, 9.17) is 0 Å². The van der Waals surface area contributed by atoms with E-state index in [0.29, 0.717) is 12.8 Å². The number of aliphatic hydroxyl groups excluding tert-OH is 1. The molecule has 0 bridgehead atoms.